The molecule has 2 heterocycles. The van der Waals surface area contributed by atoms with Gasteiger partial charge >= 0.3 is 51.4 Å². The van der Waals surface area contributed by atoms with Crippen molar-refractivity contribution in [2.45, 2.75) is 18.4 Å². The Labute approximate surface area is 260 Å². The number of pyridine rings is 1. The van der Waals surface area contributed by atoms with E-state index in [1.807, 2.05) is 24.3 Å². The second-order valence-electron chi connectivity index (χ2n) is 8.62. The molecule has 1 aliphatic rings. The molecular weight excluding hydrogens is 516 g/mol. The van der Waals surface area contributed by atoms with Gasteiger partial charge in [0.05, 0.1) is 18.5 Å². The van der Waals surface area contributed by atoms with Crippen LogP contribution in [-0.2, 0) is 15.1 Å². The maximum atomic E-state index is 14.9. The smallest absolute Gasteiger partial charge is 0.550 e. The predicted molar refractivity (Wildman–Crippen MR) is 132 cm³/mol. The average molecular weight is 538 g/mol. The van der Waals surface area contributed by atoms with Crippen LogP contribution in [0.2, 0.25) is 0 Å². The van der Waals surface area contributed by atoms with Crippen LogP contribution < -0.4 is 71.4 Å². The number of benzene rings is 3. The molecule has 0 bridgehead atoms. The zero-order chi connectivity index (χ0) is 26.2. The van der Waals surface area contributed by atoms with E-state index in [2.05, 4.69) is 10.3 Å². The largest absolute Gasteiger partial charge is 1.00 e. The summed E-state index contributed by atoms with van der Waals surface area (Å²) in [5.74, 6) is -3.07. The molecule has 1 aromatic heterocycles. The Hall–Kier alpha value is -3.15. The van der Waals surface area contributed by atoms with E-state index in [0.29, 0.717) is 11.3 Å². The molecule has 0 spiro atoms. The SMILES string of the molecule is COc1ccc2c(c1)N(c1ccccc1F)C(=O)C2(CCC(=O)[O-])NC(=O)c1cc2ccccc2cn1.[K+]. The van der Waals surface area contributed by atoms with E-state index >= 15 is 0 Å². The van der Waals surface area contributed by atoms with Crippen LogP contribution in [0.1, 0.15) is 28.9 Å². The molecule has 8 nitrogen and oxygen atoms in total. The number of hydrogen-bond acceptors (Lipinski definition) is 6. The van der Waals surface area contributed by atoms with Crippen LogP contribution in [0.25, 0.3) is 10.8 Å². The molecule has 186 valence electrons. The number of ether oxygens (including phenoxy) is 1. The summed E-state index contributed by atoms with van der Waals surface area (Å²) in [6.45, 7) is 0. The van der Waals surface area contributed by atoms with Gasteiger partial charge in [-0.15, -0.1) is 0 Å². The van der Waals surface area contributed by atoms with Crippen molar-refractivity contribution in [3.05, 3.63) is 96.1 Å². The van der Waals surface area contributed by atoms with Crippen LogP contribution in [0.3, 0.4) is 0 Å². The summed E-state index contributed by atoms with van der Waals surface area (Å²) in [6.07, 6.45) is 0.685. The second kappa shape index (κ2) is 11.3. The summed E-state index contributed by atoms with van der Waals surface area (Å²) in [5, 5.41) is 15.8. The van der Waals surface area contributed by atoms with Gasteiger partial charge in [0.1, 0.15) is 22.8 Å². The van der Waals surface area contributed by atoms with Gasteiger partial charge in [-0.05, 0) is 42.5 Å². The molecular formula is C28H21FKN3O5. The fraction of sp³-hybridized carbons (Fsp3) is 0.143. The molecule has 5 rings (SSSR count). The first-order chi connectivity index (χ1) is 17.8. The predicted octanol–water partition coefficient (Wildman–Crippen LogP) is 0.220. The minimum atomic E-state index is -1.83. The van der Waals surface area contributed by atoms with Crippen molar-refractivity contribution in [2.75, 3.05) is 12.0 Å². The molecule has 0 saturated heterocycles. The Morgan fingerprint density at radius 3 is 2.45 bits per heavy atom. The number of fused-ring (bicyclic) bond motifs is 2. The number of para-hydroxylation sites is 1. The Morgan fingerprint density at radius 1 is 1.03 bits per heavy atom. The molecule has 1 N–H and O–H groups in total. The van der Waals surface area contributed by atoms with Crippen molar-refractivity contribution in [1.82, 2.24) is 10.3 Å². The molecule has 1 unspecified atom stereocenters. The maximum absolute atomic E-state index is 14.9. The fourth-order valence-corrected chi connectivity index (χ4v) is 4.65. The summed E-state index contributed by atoms with van der Waals surface area (Å²) in [4.78, 5) is 44.4. The number of nitrogens with zero attached hydrogens (tertiary/aromatic N) is 2. The molecule has 3 aromatic carbocycles. The Morgan fingerprint density at radius 2 is 1.74 bits per heavy atom. The third-order valence-electron chi connectivity index (χ3n) is 6.46. The first kappa shape index (κ1) is 27.9. The van der Waals surface area contributed by atoms with E-state index in [9.17, 15) is 23.9 Å². The monoisotopic (exact) mass is 537 g/mol. The first-order valence-corrected chi connectivity index (χ1v) is 11.5. The molecule has 0 radical (unpaired) electrons. The van der Waals surface area contributed by atoms with Crippen LogP contribution in [-0.4, -0.2) is 29.9 Å². The number of aliphatic carboxylic acids is 1. The molecule has 1 aliphatic heterocycles. The standard InChI is InChI=1S/C28H22FN3O5.K/c1-37-19-10-11-20-24(15-19)32(23-9-5-4-8-21(23)29)27(36)28(20,13-12-25(33)34)31-26(35)22-14-17-6-2-3-7-18(17)16-30-22;/h2-11,14-16H,12-13H2,1H3,(H,31,35)(H,33,34);/q;+1/p-1. The molecule has 0 fully saturated rings. The number of halogens is 1. The average Bonchev–Trinajstić information content (AvgIpc) is 3.14. The number of carboxylic acid groups (broad SMARTS) is 1. The Bertz CT molecular complexity index is 1560. The molecule has 10 heteroatoms. The topological polar surface area (TPSA) is 112 Å². The quantitative estimate of drug-likeness (QED) is 0.338. The fourth-order valence-electron chi connectivity index (χ4n) is 4.65. The Kier molecular flexibility index (Phi) is 8.29. The van der Waals surface area contributed by atoms with Gasteiger partial charge in [0.25, 0.3) is 11.8 Å². The zero-order valence-electron chi connectivity index (χ0n) is 20.7. The van der Waals surface area contributed by atoms with Crippen molar-refractivity contribution >= 4 is 39.9 Å². The summed E-state index contributed by atoms with van der Waals surface area (Å²) in [5.41, 5.74) is -1.26. The van der Waals surface area contributed by atoms with Crippen LogP contribution in [0.15, 0.2) is 79.0 Å². The summed E-state index contributed by atoms with van der Waals surface area (Å²) in [6, 6.07) is 19.3. The molecule has 1 atom stereocenters. The third kappa shape index (κ3) is 4.97. The Balaban J connectivity index is 0.00000336. The van der Waals surface area contributed by atoms with E-state index in [1.165, 1.54) is 25.3 Å². The third-order valence-corrected chi connectivity index (χ3v) is 6.46. The molecule has 4 aromatic rings. The number of aromatic nitrogens is 1. The number of methoxy groups -OCH3 is 1. The number of carbonyl (C=O) groups excluding carboxylic acids is 3. The number of anilines is 2. The van der Waals surface area contributed by atoms with Gasteiger partial charge in [0, 0.05) is 29.2 Å². The van der Waals surface area contributed by atoms with Crippen LogP contribution in [0.5, 0.6) is 5.75 Å². The van der Waals surface area contributed by atoms with Gasteiger partial charge in [0.15, 0.2) is 0 Å². The van der Waals surface area contributed by atoms with Crippen molar-refractivity contribution in [1.29, 1.82) is 0 Å². The molecule has 0 saturated carbocycles. The van der Waals surface area contributed by atoms with Crippen molar-refractivity contribution in [2.24, 2.45) is 0 Å². The van der Waals surface area contributed by atoms with Gasteiger partial charge in [0.2, 0.25) is 0 Å². The number of carboxylic acids is 1. The van der Waals surface area contributed by atoms with E-state index in [4.69, 9.17) is 4.74 Å². The van der Waals surface area contributed by atoms with Crippen molar-refractivity contribution in [3.8, 4) is 5.75 Å². The van der Waals surface area contributed by atoms with Gasteiger partial charge < -0.3 is 20.0 Å². The van der Waals surface area contributed by atoms with Crippen LogP contribution >= 0.6 is 0 Å². The molecule has 0 aliphatic carbocycles. The number of carbonyl (C=O) groups is 3. The molecule has 38 heavy (non-hydrogen) atoms. The second-order valence-corrected chi connectivity index (χ2v) is 8.62. The first-order valence-electron chi connectivity index (χ1n) is 11.5. The number of rotatable bonds is 7. The number of amides is 2. The normalized spacial score (nSPS) is 16.1. The zero-order valence-corrected chi connectivity index (χ0v) is 23.9. The van der Waals surface area contributed by atoms with E-state index in [0.717, 1.165) is 15.7 Å². The van der Waals surface area contributed by atoms with Gasteiger partial charge in [-0.2, -0.15) is 0 Å². The summed E-state index contributed by atoms with van der Waals surface area (Å²) < 4.78 is 20.2. The minimum Gasteiger partial charge on any atom is -0.550 e. The molecule has 2 amide bonds. The number of nitrogens with one attached hydrogen (secondary N) is 1. The maximum Gasteiger partial charge on any atom is 1.00 e. The summed E-state index contributed by atoms with van der Waals surface area (Å²) in [7, 11) is 1.45. The minimum absolute atomic E-state index is 0. The van der Waals surface area contributed by atoms with Crippen LogP contribution in [0.4, 0.5) is 15.8 Å². The van der Waals surface area contributed by atoms with Crippen molar-refractivity contribution < 1.29 is 80.0 Å². The van der Waals surface area contributed by atoms with Crippen LogP contribution in [0, 0.1) is 5.82 Å². The van der Waals surface area contributed by atoms with Gasteiger partial charge in [-0.25, -0.2) is 4.39 Å². The summed E-state index contributed by atoms with van der Waals surface area (Å²) >= 11 is 0. The van der Waals surface area contributed by atoms with Gasteiger partial charge in [-0.1, -0.05) is 42.5 Å². The van der Waals surface area contributed by atoms with E-state index in [-0.39, 0.29) is 74.9 Å². The van der Waals surface area contributed by atoms with Gasteiger partial charge in [-0.3, -0.25) is 19.5 Å². The van der Waals surface area contributed by atoms with E-state index in [1.54, 1.807) is 36.5 Å². The number of hydrogen-bond donors (Lipinski definition) is 1. The van der Waals surface area contributed by atoms with E-state index < -0.39 is 35.6 Å². The van der Waals surface area contributed by atoms with Crippen molar-refractivity contribution in [3.63, 3.8) is 0 Å².